The number of fused-ring (bicyclic) bond motifs is 2. The van der Waals surface area contributed by atoms with Crippen molar-refractivity contribution >= 4 is 51.9 Å². The van der Waals surface area contributed by atoms with Gasteiger partial charge in [0.25, 0.3) is 5.91 Å². The molecule has 0 aliphatic carbocycles. The highest BCUT2D eigenvalue weighted by atomic mass is 35.5. The number of amides is 3. The molecule has 2 aromatic carbocycles. The lowest BCUT2D eigenvalue weighted by Gasteiger charge is -2.29. The van der Waals surface area contributed by atoms with Gasteiger partial charge in [-0.25, -0.2) is 0 Å². The number of carbonyl (C=O) groups is 3. The molecule has 2 aliphatic rings. The Kier molecular flexibility index (Phi) is 6.11. The number of benzene rings is 2. The summed E-state index contributed by atoms with van der Waals surface area (Å²) in [5.41, 5.74) is 3.22. The fourth-order valence-electron chi connectivity index (χ4n) is 4.16. The van der Waals surface area contributed by atoms with Crippen molar-refractivity contribution in [1.29, 1.82) is 0 Å². The lowest BCUT2D eigenvalue weighted by atomic mass is 10.0. The summed E-state index contributed by atoms with van der Waals surface area (Å²) >= 11 is 7.24. The second kappa shape index (κ2) is 8.72. The predicted octanol–water partition coefficient (Wildman–Crippen LogP) is 3.54. The maximum absolute atomic E-state index is 13.9. The number of para-hydroxylation sites is 1. The van der Waals surface area contributed by atoms with E-state index in [1.54, 1.807) is 17.0 Å². The predicted molar refractivity (Wildman–Crippen MR) is 128 cm³/mol. The molecule has 0 fully saturated rings. The third-order valence-corrected chi connectivity index (χ3v) is 6.89. The van der Waals surface area contributed by atoms with Crippen molar-refractivity contribution in [2.45, 2.75) is 32.6 Å². The number of anilines is 1. The minimum Gasteiger partial charge on any atom is -0.490 e. The summed E-state index contributed by atoms with van der Waals surface area (Å²) < 4.78 is 5.83. The van der Waals surface area contributed by atoms with Crippen molar-refractivity contribution in [3.63, 3.8) is 0 Å². The fraction of sp³-hybridized carbons (Fsp3) is 0.304. The van der Waals surface area contributed by atoms with Crippen LogP contribution in [0.5, 0.6) is 5.75 Å². The summed E-state index contributed by atoms with van der Waals surface area (Å²) in [6.45, 7) is 6.99. The minimum atomic E-state index is -1.43. The van der Waals surface area contributed by atoms with Crippen molar-refractivity contribution in [2.24, 2.45) is 5.10 Å². The molecule has 2 heterocycles. The molecule has 1 spiro atoms. The molecule has 2 aliphatic heterocycles. The van der Waals surface area contributed by atoms with E-state index >= 15 is 0 Å². The Labute approximate surface area is 200 Å². The van der Waals surface area contributed by atoms with E-state index < -0.39 is 10.8 Å². The molecule has 1 atom stereocenters. The molecule has 2 aromatic rings. The van der Waals surface area contributed by atoms with Crippen molar-refractivity contribution in [3.8, 4) is 5.75 Å². The number of hydrogen-bond acceptors (Lipinski definition) is 6. The average Bonchev–Trinajstić information content (AvgIpc) is 3.21. The van der Waals surface area contributed by atoms with Gasteiger partial charge in [-0.05, 0) is 43.3 Å². The van der Waals surface area contributed by atoms with Crippen molar-refractivity contribution in [3.05, 3.63) is 58.1 Å². The van der Waals surface area contributed by atoms with Crippen LogP contribution in [0.2, 0.25) is 5.02 Å². The molecule has 0 unspecified atom stereocenters. The summed E-state index contributed by atoms with van der Waals surface area (Å²) in [6, 6.07) is 11.0. The Hall–Kier alpha value is -3.04. The molecule has 10 heteroatoms. The Morgan fingerprint density at radius 2 is 1.94 bits per heavy atom. The van der Waals surface area contributed by atoms with E-state index in [0.717, 1.165) is 27.9 Å². The number of hydrazone groups is 1. The largest absolute Gasteiger partial charge is 0.490 e. The molecule has 0 saturated carbocycles. The number of aryl methyl sites for hydroxylation is 2. The number of rotatable bonds is 4. The van der Waals surface area contributed by atoms with Crippen LogP contribution >= 0.6 is 23.4 Å². The number of nitrogens with zero attached hydrogens (tertiary/aromatic N) is 3. The first-order chi connectivity index (χ1) is 15.6. The zero-order chi connectivity index (χ0) is 23.9. The summed E-state index contributed by atoms with van der Waals surface area (Å²) in [7, 11) is 0. The Balaban J connectivity index is 1.72. The van der Waals surface area contributed by atoms with Gasteiger partial charge in [-0.1, -0.05) is 41.4 Å². The number of ether oxygens (including phenoxy) is 1. The van der Waals surface area contributed by atoms with E-state index in [0.29, 0.717) is 22.0 Å². The van der Waals surface area contributed by atoms with Crippen LogP contribution in [0.4, 0.5) is 5.69 Å². The highest BCUT2D eigenvalue weighted by Gasteiger charge is 2.61. The van der Waals surface area contributed by atoms with E-state index in [1.807, 2.05) is 38.1 Å². The lowest BCUT2D eigenvalue weighted by Crippen LogP contribution is -2.49. The third kappa shape index (κ3) is 3.95. The van der Waals surface area contributed by atoms with Crippen LogP contribution in [0.25, 0.3) is 0 Å². The standard InChI is InChI=1S/C23H23ClN4O4S/c1-13-11-14(2)20-17(12-13)23(28(16(4)30)26-22(33-23)25-15(3)29)21(31)27(20)9-10-32-19-8-6-5-7-18(19)24/h5-8,11-12H,9-10H2,1-4H3,(H,25,26,29)/t23-/m0/s1. The van der Waals surface area contributed by atoms with Gasteiger partial charge >= 0.3 is 0 Å². The van der Waals surface area contributed by atoms with Gasteiger partial charge in [0.05, 0.1) is 17.3 Å². The van der Waals surface area contributed by atoms with Gasteiger partial charge in [0.1, 0.15) is 12.4 Å². The third-order valence-electron chi connectivity index (χ3n) is 5.34. The van der Waals surface area contributed by atoms with Crippen molar-refractivity contribution < 1.29 is 19.1 Å². The second-order valence-corrected chi connectivity index (χ2v) is 9.47. The maximum Gasteiger partial charge on any atom is 0.270 e. The first-order valence-electron chi connectivity index (χ1n) is 10.3. The molecular weight excluding hydrogens is 464 g/mol. The van der Waals surface area contributed by atoms with Crippen LogP contribution in [0.15, 0.2) is 41.5 Å². The van der Waals surface area contributed by atoms with Crippen LogP contribution in [0.3, 0.4) is 0 Å². The van der Waals surface area contributed by atoms with E-state index in [9.17, 15) is 14.4 Å². The Morgan fingerprint density at radius 1 is 1.21 bits per heavy atom. The lowest BCUT2D eigenvalue weighted by molar-refractivity contribution is -0.139. The summed E-state index contributed by atoms with van der Waals surface area (Å²) in [4.78, 5) is 38.4. The number of hydrogen-bond donors (Lipinski definition) is 1. The summed E-state index contributed by atoms with van der Waals surface area (Å²) in [5, 5.41) is 8.74. The number of halogens is 1. The zero-order valence-electron chi connectivity index (χ0n) is 18.6. The average molecular weight is 487 g/mol. The molecule has 1 N–H and O–H groups in total. The number of amidine groups is 1. The number of nitrogens with one attached hydrogen (secondary N) is 1. The van der Waals surface area contributed by atoms with Gasteiger partial charge in [0.2, 0.25) is 16.7 Å². The van der Waals surface area contributed by atoms with Gasteiger partial charge < -0.3 is 15.0 Å². The van der Waals surface area contributed by atoms with Crippen molar-refractivity contribution in [2.75, 3.05) is 18.1 Å². The first-order valence-corrected chi connectivity index (χ1v) is 11.5. The molecule has 0 bridgehead atoms. The van der Waals surface area contributed by atoms with E-state index in [1.165, 1.54) is 13.8 Å². The molecule has 172 valence electrons. The fourth-order valence-corrected chi connectivity index (χ4v) is 5.67. The number of thioether (sulfide) groups is 1. The Morgan fingerprint density at radius 3 is 2.61 bits per heavy atom. The molecule has 33 heavy (non-hydrogen) atoms. The highest BCUT2D eigenvalue weighted by Crippen LogP contribution is 2.55. The van der Waals surface area contributed by atoms with Gasteiger partial charge in [-0.2, -0.15) is 5.01 Å². The quantitative estimate of drug-likeness (QED) is 0.713. The molecule has 0 saturated heterocycles. The van der Waals surface area contributed by atoms with E-state index in [-0.39, 0.29) is 30.1 Å². The number of carbonyl (C=O) groups excluding carboxylic acids is 3. The summed E-state index contributed by atoms with van der Waals surface area (Å²) in [5.74, 6) is -0.537. The molecule has 8 nitrogen and oxygen atoms in total. The van der Waals surface area contributed by atoms with Crippen LogP contribution in [-0.2, 0) is 19.3 Å². The van der Waals surface area contributed by atoms with Crippen molar-refractivity contribution in [1.82, 2.24) is 10.3 Å². The van der Waals surface area contributed by atoms with Crippen LogP contribution in [-0.4, -0.2) is 41.0 Å². The normalized spacial score (nSPS) is 19.1. The van der Waals surface area contributed by atoms with Crippen LogP contribution in [0, 0.1) is 13.8 Å². The summed E-state index contributed by atoms with van der Waals surface area (Å²) in [6.07, 6.45) is 0. The molecule has 3 amide bonds. The van der Waals surface area contributed by atoms with E-state index in [4.69, 9.17) is 16.3 Å². The minimum absolute atomic E-state index is 0.197. The van der Waals surface area contributed by atoms with Crippen LogP contribution < -0.4 is 15.0 Å². The molecule has 0 radical (unpaired) electrons. The monoisotopic (exact) mass is 486 g/mol. The van der Waals surface area contributed by atoms with Gasteiger partial charge in [0, 0.05) is 19.4 Å². The first kappa shape index (κ1) is 23.1. The SMILES string of the molecule is CC(=O)NC1=NN(C(C)=O)[C@@]2(S1)C(=O)N(CCOc1ccccc1Cl)c1c(C)cc(C)cc12. The molecular formula is C23H23ClN4O4S. The zero-order valence-corrected chi connectivity index (χ0v) is 20.2. The maximum atomic E-state index is 13.9. The molecule has 4 rings (SSSR count). The molecule has 0 aromatic heterocycles. The second-order valence-electron chi connectivity index (χ2n) is 7.88. The smallest absolute Gasteiger partial charge is 0.270 e. The van der Waals surface area contributed by atoms with Gasteiger partial charge in [0.15, 0.2) is 5.17 Å². The topological polar surface area (TPSA) is 91.3 Å². The Bertz CT molecular complexity index is 1200. The van der Waals surface area contributed by atoms with Gasteiger partial charge in [-0.3, -0.25) is 14.4 Å². The van der Waals surface area contributed by atoms with Gasteiger partial charge in [-0.15, -0.1) is 5.10 Å². The van der Waals surface area contributed by atoms with Crippen LogP contribution in [0.1, 0.15) is 30.5 Å². The highest BCUT2D eigenvalue weighted by molar-refractivity contribution is 8.15. The van der Waals surface area contributed by atoms with E-state index in [2.05, 4.69) is 10.4 Å².